The first-order valence-electron chi connectivity index (χ1n) is 7.50. The lowest BCUT2D eigenvalue weighted by molar-refractivity contribution is 0.0520. The zero-order valence-electron chi connectivity index (χ0n) is 11.7. The van der Waals surface area contributed by atoms with Crippen LogP contribution < -0.4 is 0 Å². The van der Waals surface area contributed by atoms with E-state index in [4.69, 9.17) is 23.2 Å². The number of carbonyl (C=O) groups excluding carboxylic acids is 1. The maximum absolute atomic E-state index is 13.6. The molecular weight excluding hydrogens is 312 g/mol. The monoisotopic (exact) mass is 329 g/mol. The van der Waals surface area contributed by atoms with E-state index < -0.39 is 5.82 Å². The normalized spacial score (nSPS) is 25.6. The highest BCUT2D eigenvalue weighted by atomic mass is 35.5. The van der Waals surface area contributed by atoms with Crippen molar-refractivity contribution in [3.8, 4) is 0 Å². The molecule has 5 heteroatoms. The van der Waals surface area contributed by atoms with E-state index in [1.165, 1.54) is 31.7 Å². The lowest BCUT2D eigenvalue weighted by Gasteiger charge is -2.41. The Morgan fingerprint density at radius 2 is 1.81 bits per heavy atom. The number of piperidine rings is 1. The van der Waals surface area contributed by atoms with E-state index >= 15 is 0 Å². The first-order chi connectivity index (χ1) is 10.1. The van der Waals surface area contributed by atoms with E-state index in [1.54, 1.807) is 0 Å². The van der Waals surface area contributed by atoms with Crippen molar-refractivity contribution in [2.75, 3.05) is 13.1 Å². The van der Waals surface area contributed by atoms with Gasteiger partial charge in [-0.2, -0.15) is 0 Å². The summed E-state index contributed by atoms with van der Waals surface area (Å²) in [4.78, 5) is 14.4. The Balaban J connectivity index is 1.78. The summed E-state index contributed by atoms with van der Waals surface area (Å²) in [6.45, 7) is 1.50. The highest BCUT2D eigenvalue weighted by Gasteiger charge is 2.33. The second kappa shape index (κ2) is 6.13. The van der Waals surface area contributed by atoms with Crippen LogP contribution in [0.5, 0.6) is 0 Å². The summed E-state index contributed by atoms with van der Waals surface area (Å²) in [6.07, 6.45) is 6.08. The second-order valence-electron chi connectivity index (χ2n) is 6.09. The lowest BCUT2D eigenvalue weighted by atomic mass is 9.75. The number of hydrogen-bond donors (Lipinski definition) is 0. The van der Waals surface area contributed by atoms with Gasteiger partial charge in [0.05, 0.1) is 15.6 Å². The van der Waals surface area contributed by atoms with Crippen molar-refractivity contribution < 1.29 is 9.18 Å². The van der Waals surface area contributed by atoms with E-state index in [1.807, 2.05) is 4.90 Å². The first kappa shape index (κ1) is 15.1. The summed E-state index contributed by atoms with van der Waals surface area (Å²) < 4.78 is 13.6. The maximum Gasteiger partial charge on any atom is 0.255 e. The molecule has 1 aliphatic heterocycles. The molecule has 1 saturated heterocycles. The van der Waals surface area contributed by atoms with E-state index in [9.17, 15) is 9.18 Å². The Morgan fingerprint density at radius 1 is 1.10 bits per heavy atom. The Labute approximate surface area is 134 Å². The third-order valence-electron chi connectivity index (χ3n) is 4.82. The van der Waals surface area contributed by atoms with Gasteiger partial charge in [0.25, 0.3) is 5.91 Å². The largest absolute Gasteiger partial charge is 0.338 e. The van der Waals surface area contributed by atoms with Crippen LogP contribution in [0.1, 0.15) is 42.5 Å². The molecule has 2 atom stereocenters. The van der Waals surface area contributed by atoms with Gasteiger partial charge in [0.1, 0.15) is 5.82 Å². The quantitative estimate of drug-likeness (QED) is 0.678. The fraction of sp³-hybridized carbons (Fsp3) is 0.562. The molecule has 2 fully saturated rings. The molecule has 114 valence electrons. The number of nitrogens with zero attached hydrogens (tertiary/aromatic N) is 1. The molecule has 2 nitrogen and oxygen atoms in total. The standard InChI is InChI=1S/C16H18Cl2FNO/c17-13-8-14(18)15(19)7-12(13)16(21)20-6-5-10-3-1-2-4-11(10)9-20/h7-8,10-11H,1-6,9H2/t10-,11+/m1/s1. The molecule has 2 aliphatic rings. The van der Waals surface area contributed by atoms with Gasteiger partial charge in [0, 0.05) is 13.1 Å². The molecule has 0 N–H and O–H groups in total. The minimum absolute atomic E-state index is 0.0532. The Kier molecular flexibility index (Phi) is 4.41. The van der Waals surface area contributed by atoms with Crippen LogP contribution in [0, 0.1) is 17.7 Å². The van der Waals surface area contributed by atoms with Crippen LogP contribution in [0.3, 0.4) is 0 Å². The molecule has 1 saturated carbocycles. The summed E-state index contributed by atoms with van der Waals surface area (Å²) in [6, 6.07) is 2.46. The second-order valence-corrected chi connectivity index (χ2v) is 6.91. The summed E-state index contributed by atoms with van der Waals surface area (Å²) >= 11 is 11.7. The van der Waals surface area contributed by atoms with Gasteiger partial charge in [-0.15, -0.1) is 0 Å². The van der Waals surface area contributed by atoms with Gasteiger partial charge in [0.15, 0.2) is 0 Å². The summed E-state index contributed by atoms with van der Waals surface area (Å²) in [5.41, 5.74) is 0.216. The third-order valence-corrected chi connectivity index (χ3v) is 5.42. The number of benzene rings is 1. The molecule has 1 aliphatic carbocycles. The smallest absolute Gasteiger partial charge is 0.255 e. The van der Waals surface area contributed by atoms with Crippen LogP contribution in [0.25, 0.3) is 0 Å². The summed E-state index contributed by atoms with van der Waals surface area (Å²) in [5.74, 6) is 0.559. The van der Waals surface area contributed by atoms with Crippen molar-refractivity contribution in [1.29, 1.82) is 0 Å². The van der Waals surface area contributed by atoms with Crippen LogP contribution in [0.4, 0.5) is 4.39 Å². The van der Waals surface area contributed by atoms with Crippen LogP contribution in [-0.4, -0.2) is 23.9 Å². The molecule has 0 bridgehead atoms. The molecule has 1 aromatic rings. The van der Waals surface area contributed by atoms with Crippen LogP contribution in [-0.2, 0) is 0 Å². The van der Waals surface area contributed by atoms with Crippen molar-refractivity contribution in [2.24, 2.45) is 11.8 Å². The number of hydrogen-bond acceptors (Lipinski definition) is 1. The molecule has 0 spiro atoms. The van der Waals surface area contributed by atoms with Crippen molar-refractivity contribution in [3.63, 3.8) is 0 Å². The molecule has 1 heterocycles. The molecule has 1 aromatic carbocycles. The SMILES string of the molecule is O=C(c1cc(F)c(Cl)cc1Cl)N1CC[C@H]2CCCC[C@H]2C1. The van der Waals surface area contributed by atoms with Crippen molar-refractivity contribution in [2.45, 2.75) is 32.1 Å². The molecule has 21 heavy (non-hydrogen) atoms. The van der Waals surface area contributed by atoms with Gasteiger partial charge in [-0.1, -0.05) is 42.5 Å². The molecular formula is C16H18Cl2FNO. The minimum Gasteiger partial charge on any atom is -0.338 e. The number of halogens is 3. The summed E-state index contributed by atoms with van der Waals surface area (Å²) in [7, 11) is 0. The van der Waals surface area contributed by atoms with Crippen molar-refractivity contribution in [3.05, 3.63) is 33.6 Å². The topological polar surface area (TPSA) is 20.3 Å². The lowest BCUT2D eigenvalue weighted by Crippen LogP contribution is -2.44. The molecule has 1 amide bonds. The van der Waals surface area contributed by atoms with Gasteiger partial charge < -0.3 is 4.90 Å². The van der Waals surface area contributed by atoms with E-state index in [0.717, 1.165) is 31.5 Å². The molecule has 0 radical (unpaired) electrons. The van der Waals surface area contributed by atoms with E-state index in [0.29, 0.717) is 5.92 Å². The highest BCUT2D eigenvalue weighted by Crippen LogP contribution is 2.37. The van der Waals surface area contributed by atoms with Crippen molar-refractivity contribution in [1.82, 2.24) is 4.90 Å². The van der Waals surface area contributed by atoms with E-state index in [-0.39, 0.29) is 21.5 Å². The molecule has 3 rings (SSSR count). The van der Waals surface area contributed by atoms with Gasteiger partial charge in [-0.25, -0.2) is 4.39 Å². The fourth-order valence-electron chi connectivity index (χ4n) is 3.64. The number of amides is 1. The predicted molar refractivity (Wildman–Crippen MR) is 82.4 cm³/mol. The molecule has 0 unspecified atom stereocenters. The molecule has 0 aromatic heterocycles. The van der Waals surface area contributed by atoms with Gasteiger partial charge >= 0.3 is 0 Å². The minimum atomic E-state index is -0.600. The van der Waals surface area contributed by atoms with E-state index in [2.05, 4.69) is 0 Å². The number of carbonyl (C=O) groups is 1. The average molecular weight is 330 g/mol. The highest BCUT2D eigenvalue weighted by molar-refractivity contribution is 6.36. The zero-order valence-corrected chi connectivity index (χ0v) is 13.3. The van der Waals surface area contributed by atoms with Gasteiger partial charge in [0.2, 0.25) is 0 Å². The third kappa shape index (κ3) is 3.04. The fourth-order valence-corrected chi connectivity index (χ4v) is 4.11. The summed E-state index contributed by atoms with van der Waals surface area (Å²) in [5, 5.41) is 0.166. The predicted octanol–water partition coefficient (Wildman–Crippen LogP) is 4.78. The first-order valence-corrected chi connectivity index (χ1v) is 8.25. The van der Waals surface area contributed by atoms with Crippen LogP contribution in [0.15, 0.2) is 12.1 Å². The van der Waals surface area contributed by atoms with Crippen LogP contribution in [0.2, 0.25) is 10.0 Å². The number of rotatable bonds is 1. The van der Waals surface area contributed by atoms with Crippen LogP contribution >= 0.6 is 23.2 Å². The maximum atomic E-state index is 13.6. The van der Waals surface area contributed by atoms with Crippen molar-refractivity contribution >= 4 is 29.1 Å². The Hall–Kier alpha value is -0.800. The number of likely N-dealkylation sites (tertiary alicyclic amines) is 1. The Bertz CT molecular complexity index is 563. The van der Waals surface area contributed by atoms with Gasteiger partial charge in [-0.05, 0) is 36.8 Å². The zero-order chi connectivity index (χ0) is 15.0. The number of fused-ring (bicyclic) bond motifs is 1. The Morgan fingerprint density at radius 3 is 2.57 bits per heavy atom. The van der Waals surface area contributed by atoms with Gasteiger partial charge in [-0.3, -0.25) is 4.79 Å². The average Bonchev–Trinajstić information content (AvgIpc) is 2.50.